The van der Waals surface area contributed by atoms with Crippen LogP contribution in [0.5, 0.6) is 0 Å². The van der Waals surface area contributed by atoms with Crippen molar-refractivity contribution in [3.8, 4) is 6.07 Å². The van der Waals surface area contributed by atoms with E-state index in [4.69, 9.17) is 11.6 Å². The highest BCUT2D eigenvalue weighted by Gasteiger charge is 2.27. The van der Waals surface area contributed by atoms with Gasteiger partial charge in [0.05, 0.1) is 6.07 Å². The van der Waals surface area contributed by atoms with Gasteiger partial charge in [0, 0.05) is 10.7 Å². The monoisotopic (exact) mass is 312 g/mol. The molecule has 0 aromatic heterocycles. The third kappa shape index (κ3) is 3.51. The number of nitrogens with zero attached hydrogens (tertiary/aromatic N) is 1. The number of hydrogen-bond donors (Lipinski definition) is 1. The van der Waals surface area contributed by atoms with E-state index in [9.17, 15) is 14.9 Å². The van der Waals surface area contributed by atoms with Crippen molar-refractivity contribution in [3.05, 3.63) is 64.7 Å². The van der Waals surface area contributed by atoms with Gasteiger partial charge < -0.3 is 5.32 Å². The lowest BCUT2D eigenvalue weighted by Crippen LogP contribution is -2.28. The van der Waals surface area contributed by atoms with Gasteiger partial charge in [-0.25, -0.2) is 0 Å². The smallest absolute Gasteiger partial charge is 0.293 e. The third-order valence-corrected chi connectivity index (χ3v) is 3.46. The van der Waals surface area contributed by atoms with E-state index in [1.165, 1.54) is 0 Å². The van der Waals surface area contributed by atoms with Crippen LogP contribution in [0.25, 0.3) is 0 Å². The molecule has 0 unspecified atom stereocenters. The largest absolute Gasteiger partial charge is 0.319 e. The van der Waals surface area contributed by atoms with Gasteiger partial charge in [-0.3, -0.25) is 9.59 Å². The first-order valence-corrected chi connectivity index (χ1v) is 6.96. The second-order valence-electron chi connectivity index (χ2n) is 4.75. The molecule has 2 aromatic rings. The van der Waals surface area contributed by atoms with Crippen molar-refractivity contribution in [1.29, 1.82) is 5.26 Å². The van der Waals surface area contributed by atoms with E-state index in [0.29, 0.717) is 16.3 Å². The molecule has 2 aromatic carbocycles. The average molecular weight is 313 g/mol. The van der Waals surface area contributed by atoms with Crippen LogP contribution in [-0.4, -0.2) is 11.7 Å². The number of aryl methyl sites for hydroxylation is 1. The predicted molar refractivity (Wildman–Crippen MR) is 84.6 cm³/mol. The Kier molecular flexibility index (Phi) is 4.92. The molecule has 0 fully saturated rings. The van der Waals surface area contributed by atoms with Crippen molar-refractivity contribution in [3.63, 3.8) is 0 Å². The molecule has 0 saturated heterocycles. The highest BCUT2D eigenvalue weighted by atomic mass is 35.5. The molecule has 0 heterocycles. The highest BCUT2D eigenvalue weighted by Crippen LogP contribution is 2.20. The molecule has 1 amide bonds. The first kappa shape index (κ1) is 15.7. The zero-order chi connectivity index (χ0) is 16.1. The van der Waals surface area contributed by atoms with Crippen LogP contribution in [0.3, 0.4) is 0 Å². The standard InChI is InChI=1S/C17H13ClN2O2/c1-11-4-2-3-5-15(11)20-17(22)16(21)14(10-19)12-6-8-13(18)9-7-12/h2-9,14H,1H3,(H,20,22)/t14-/m0/s1. The minimum atomic E-state index is -1.15. The normalized spacial score (nSPS) is 11.3. The Bertz CT molecular complexity index is 748. The van der Waals surface area contributed by atoms with Crippen molar-refractivity contribution < 1.29 is 9.59 Å². The maximum atomic E-state index is 12.2. The number of nitriles is 1. The number of ketones is 1. The Hall–Kier alpha value is -2.64. The zero-order valence-electron chi connectivity index (χ0n) is 11.8. The molecule has 0 bridgehead atoms. The number of benzene rings is 2. The number of hydrogen-bond acceptors (Lipinski definition) is 3. The maximum Gasteiger partial charge on any atom is 0.293 e. The number of rotatable bonds is 4. The first-order valence-electron chi connectivity index (χ1n) is 6.59. The van der Waals surface area contributed by atoms with Crippen LogP contribution >= 0.6 is 11.6 Å². The van der Waals surface area contributed by atoms with Crippen LogP contribution in [-0.2, 0) is 9.59 Å². The molecule has 1 atom stereocenters. The van der Waals surface area contributed by atoms with E-state index in [1.807, 2.05) is 25.1 Å². The van der Waals surface area contributed by atoms with Crippen LogP contribution in [0.4, 0.5) is 5.69 Å². The van der Waals surface area contributed by atoms with Crippen molar-refractivity contribution in [2.45, 2.75) is 12.8 Å². The fraction of sp³-hybridized carbons (Fsp3) is 0.118. The zero-order valence-corrected chi connectivity index (χ0v) is 12.6. The molecule has 4 nitrogen and oxygen atoms in total. The van der Waals surface area contributed by atoms with Gasteiger partial charge in [-0.2, -0.15) is 5.26 Å². The molecule has 0 aliphatic rings. The van der Waals surface area contributed by atoms with Crippen LogP contribution < -0.4 is 5.32 Å². The molecule has 0 spiro atoms. The summed E-state index contributed by atoms with van der Waals surface area (Å²) in [6, 6.07) is 15.3. The minimum absolute atomic E-state index is 0.442. The second-order valence-corrected chi connectivity index (χ2v) is 5.18. The first-order chi connectivity index (χ1) is 10.5. The van der Waals surface area contributed by atoms with Gasteiger partial charge in [0.1, 0.15) is 5.92 Å². The van der Waals surface area contributed by atoms with Crippen molar-refractivity contribution in [1.82, 2.24) is 0 Å². The lowest BCUT2D eigenvalue weighted by Gasteiger charge is -2.10. The molecular weight excluding hydrogens is 300 g/mol. The Morgan fingerprint density at radius 3 is 2.36 bits per heavy atom. The van der Waals surface area contributed by atoms with E-state index in [-0.39, 0.29) is 0 Å². The van der Waals surface area contributed by atoms with E-state index >= 15 is 0 Å². The van der Waals surface area contributed by atoms with E-state index in [0.717, 1.165) is 5.56 Å². The molecule has 0 radical (unpaired) electrons. The summed E-state index contributed by atoms with van der Waals surface area (Å²) in [5, 5.41) is 12.2. The molecule has 5 heteroatoms. The van der Waals surface area contributed by atoms with Crippen LogP contribution in [0.2, 0.25) is 5.02 Å². The number of Topliss-reactive ketones (excluding diaryl/α,β-unsaturated/α-hetero) is 1. The molecule has 1 N–H and O–H groups in total. The topological polar surface area (TPSA) is 70.0 Å². The summed E-state index contributed by atoms with van der Waals surface area (Å²) in [4.78, 5) is 24.3. The quantitative estimate of drug-likeness (QED) is 0.879. The summed E-state index contributed by atoms with van der Waals surface area (Å²) in [5.41, 5.74) is 1.83. The average Bonchev–Trinajstić information content (AvgIpc) is 2.52. The SMILES string of the molecule is Cc1ccccc1NC(=O)C(=O)[C@@H](C#N)c1ccc(Cl)cc1. The van der Waals surface area contributed by atoms with Crippen molar-refractivity contribution in [2.24, 2.45) is 0 Å². The highest BCUT2D eigenvalue weighted by molar-refractivity contribution is 6.43. The Morgan fingerprint density at radius 2 is 1.77 bits per heavy atom. The number of nitrogens with one attached hydrogen (secondary N) is 1. The molecule has 0 aliphatic carbocycles. The Morgan fingerprint density at radius 1 is 1.14 bits per heavy atom. The van der Waals surface area contributed by atoms with E-state index in [2.05, 4.69) is 5.32 Å². The minimum Gasteiger partial charge on any atom is -0.319 e. The Balaban J connectivity index is 2.18. The van der Waals surface area contributed by atoms with Gasteiger partial charge in [0.15, 0.2) is 0 Å². The fourth-order valence-corrected chi connectivity index (χ4v) is 2.09. The van der Waals surface area contributed by atoms with Gasteiger partial charge in [0.25, 0.3) is 5.91 Å². The molecule has 110 valence electrons. The maximum absolute atomic E-state index is 12.2. The fourth-order valence-electron chi connectivity index (χ4n) is 1.97. The molecule has 22 heavy (non-hydrogen) atoms. The number of para-hydroxylation sites is 1. The van der Waals surface area contributed by atoms with Gasteiger partial charge >= 0.3 is 0 Å². The van der Waals surface area contributed by atoms with Crippen LogP contribution in [0, 0.1) is 18.3 Å². The summed E-state index contributed by atoms with van der Waals surface area (Å²) in [6.45, 7) is 1.82. The third-order valence-electron chi connectivity index (χ3n) is 3.21. The summed E-state index contributed by atoms with van der Waals surface area (Å²) in [7, 11) is 0. The lowest BCUT2D eigenvalue weighted by atomic mass is 9.95. The molecule has 2 rings (SSSR count). The predicted octanol–water partition coefficient (Wildman–Crippen LogP) is 3.46. The number of carbonyl (C=O) groups is 2. The number of anilines is 1. The van der Waals surface area contributed by atoms with Crippen LogP contribution in [0.15, 0.2) is 48.5 Å². The number of carbonyl (C=O) groups excluding carboxylic acids is 2. The van der Waals surface area contributed by atoms with Gasteiger partial charge in [-0.05, 0) is 36.2 Å². The Labute approximate surface area is 133 Å². The number of halogens is 1. The summed E-state index contributed by atoms with van der Waals surface area (Å²) in [6.07, 6.45) is 0. The van der Waals surface area contributed by atoms with Gasteiger partial charge in [-0.1, -0.05) is 41.9 Å². The van der Waals surface area contributed by atoms with Gasteiger partial charge in [0.2, 0.25) is 5.78 Å². The van der Waals surface area contributed by atoms with Crippen molar-refractivity contribution >= 4 is 29.0 Å². The van der Waals surface area contributed by atoms with E-state index < -0.39 is 17.6 Å². The molecule has 0 saturated carbocycles. The number of amides is 1. The molecular formula is C17H13ClN2O2. The summed E-state index contributed by atoms with van der Waals surface area (Å²) >= 11 is 5.78. The molecule has 0 aliphatic heterocycles. The summed E-state index contributed by atoms with van der Waals surface area (Å²) < 4.78 is 0. The summed E-state index contributed by atoms with van der Waals surface area (Å²) in [5.74, 6) is -2.76. The van der Waals surface area contributed by atoms with E-state index in [1.54, 1.807) is 36.4 Å². The van der Waals surface area contributed by atoms with Crippen LogP contribution in [0.1, 0.15) is 17.0 Å². The second kappa shape index (κ2) is 6.88. The lowest BCUT2D eigenvalue weighted by molar-refractivity contribution is -0.135. The van der Waals surface area contributed by atoms with Crippen molar-refractivity contribution in [2.75, 3.05) is 5.32 Å². The van der Waals surface area contributed by atoms with Gasteiger partial charge in [-0.15, -0.1) is 0 Å².